The topological polar surface area (TPSA) is 41.1 Å². The molecule has 11 heavy (non-hydrogen) atoms. The van der Waals surface area contributed by atoms with Crippen LogP contribution in [0.5, 0.6) is 0 Å². The van der Waals surface area contributed by atoms with Crippen LogP contribution < -0.4 is 10.6 Å². The van der Waals surface area contributed by atoms with Gasteiger partial charge >= 0.3 is 0 Å². The Kier molecular flexibility index (Phi) is 2.88. The minimum absolute atomic E-state index is 0.104. The van der Waals surface area contributed by atoms with E-state index in [1.807, 2.05) is 13.8 Å². The van der Waals surface area contributed by atoms with Crippen molar-refractivity contribution in [1.29, 1.82) is 0 Å². The summed E-state index contributed by atoms with van der Waals surface area (Å²) in [4.78, 5) is 11.0. The van der Waals surface area contributed by atoms with E-state index < -0.39 is 0 Å². The predicted octanol–water partition coefficient (Wildman–Crippen LogP) is 0.263. The van der Waals surface area contributed by atoms with Crippen molar-refractivity contribution in [2.75, 3.05) is 6.54 Å². The molecule has 0 aromatic carbocycles. The van der Waals surface area contributed by atoms with Gasteiger partial charge in [-0.15, -0.1) is 0 Å². The van der Waals surface area contributed by atoms with Gasteiger partial charge in [0.25, 0.3) is 0 Å². The van der Waals surface area contributed by atoms with Crippen molar-refractivity contribution in [3.8, 4) is 0 Å². The number of rotatable bonds is 4. The minimum atomic E-state index is 0.104. The fourth-order valence-corrected chi connectivity index (χ4v) is 0.897. The SMILES string of the molecule is CC(C)NC(=O)CNC1CC1. The van der Waals surface area contributed by atoms with Gasteiger partial charge in [-0.1, -0.05) is 0 Å². The Hall–Kier alpha value is -0.570. The molecule has 0 atom stereocenters. The van der Waals surface area contributed by atoms with Crippen molar-refractivity contribution in [2.45, 2.75) is 38.8 Å². The Bertz CT molecular complexity index is 141. The zero-order chi connectivity index (χ0) is 8.27. The summed E-state index contributed by atoms with van der Waals surface area (Å²) in [5.74, 6) is 0.104. The number of amides is 1. The lowest BCUT2D eigenvalue weighted by Crippen LogP contribution is -2.38. The first-order chi connectivity index (χ1) is 5.18. The summed E-state index contributed by atoms with van der Waals surface area (Å²) >= 11 is 0. The van der Waals surface area contributed by atoms with E-state index in [1.165, 1.54) is 12.8 Å². The maximum Gasteiger partial charge on any atom is 0.234 e. The van der Waals surface area contributed by atoms with Crippen LogP contribution in [0.2, 0.25) is 0 Å². The summed E-state index contributed by atoms with van der Waals surface area (Å²) in [6, 6.07) is 0.872. The van der Waals surface area contributed by atoms with Gasteiger partial charge in [0.05, 0.1) is 6.54 Å². The van der Waals surface area contributed by atoms with E-state index in [9.17, 15) is 4.79 Å². The van der Waals surface area contributed by atoms with E-state index in [0.29, 0.717) is 12.6 Å². The zero-order valence-corrected chi connectivity index (χ0v) is 7.18. The van der Waals surface area contributed by atoms with Crippen LogP contribution in [0, 0.1) is 0 Å². The Morgan fingerprint density at radius 1 is 1.55 bits per heavy atom. The average molecular weight is 156 g/mol. The van der Waals surface area contributed by atoms with Crippen molar-refractivity contribution in [3.05, 3.63) is 0 Å². The van der Waals surface area contributed by atoms with Crippen molar-refractivity contribution in [1.82, 2.24) is 10.6 Å². The highest BCUT2D eigenvalue weighted by Gasteiger charge is 2.20. The monoisotopic (exact) mass is 156 g/mol. The molecule has 0 aromatic rings. The van der Waals surface area contributed by atoms with Gasteiger partial charge in [-0.05, 0) is 26.7 Å². The van der Waals surface area contributed by atoms with Crippen LogP contribution in [0.4, 0.5) is 0 Å². The molecule has 0 aromatic heterocycles. The molecule has 1 aliphatic rings. The average Bonchev–Trinajstić information content (AvgIpc) is 2.63. The van der Waals surface area contributed by atoms with Gasteiger partial charge in [0.15, 0.2) is 0 Å². The maximum atomic E-state index is 11.0. The smallest absolute Gasteiger partial charge is 0.234 e. The number of hydrogen-bond acceptors (Lipinski definition) is 2. The van der Waals surface area contributed by atoms with E-state index in [0.717, 1.165) is 0 Å². The van der Waals surface area contributed by atoms with Crippen molar-refractivity contribution >= 4 is 5.91 Å². The minimum Gasteiger partial charge on any atom is -0.353 e. The molecule has 0 radical (unpaired) electrons. The number of carbonyl (C=O) groups excluding carboxylic acids is 1. The van der Waals surface area contributed by atoms with Gasteiger partial charge < -0.3 is 10.6 Å². The summed E-state index contributed by atoms with van der Waals surface area (Å²) in [6.07, 6.45) is 2.46. The second-order valence-corrected chi connectivity index (χ2v) is 3.38. The highest BCUT2D eigenvalue weighted by atomic mass is 16.1. The van der Waals surface area contributed by atoms with Crippen molar-refractivity contribution < 1.29 is 4.79 Å². The third-order valence-electron chi connectivity index (χ3n) is 1.58. The molecule has 0 heterocycles. The molecule has 0 saturated heterocycles. The van der Waals surface area contributed by atoms with Gasteiger partial charge in [0, 0.05) is 12.1 Å². The molecular formula is C8H16N2O. The fraction of sp³-hybridized carbons (Fsp3) is 0.875. The van der Waals surface area contributed by atoms with Gasteiger partial charge in [0.1, 0.15) is 0 Å². The number of nitrogens with one attached hydrogen (secondary N) is 2. The molecule has 1 aliphatic carbocycles. The normalized spacial score (nSPS) is 17.0. The first-order valence-electron chi connectivity index (χ1n) is 4.21. The molecule has 1 fully saturated rings. The molecule has 2 N–H and O–H groups in total. The molecule has 0 bridgehead atoms. The lowest BCUT2D eigenvalue weighted by atomic mass is 10.4. The maximum absolute atomic E-state index is 11.0. The highest BCUT2D eigenvalue weighted by molar-refractivity contribution is 5.78. The molecule has 1 rings (SSSR count). The van der Waals surface area contributed by atoms with E-state index in [-0.39, 0.29) is 11.9 Å². The third-order valence-corrected chi connectivity index (χ3v) is 1.58. The van der Waals surface area contributed by atoms with Crippen LogP contribution in [0.25, 0.3) is 0 Å². The van der Waals surface area contributed by atoms with Gasteiger partial charge in [-0.3, -0.25) is 4.79 Å². The molecule has 0 unspecified atom stereocenters. The predicted molar refractivity (Wildman–Crippen MR) is 44.3 cm³/mol. The lowest BCUT2D eigenvalue weighted by molar-refractivity contribution is -0.120. The Morgan fingerprint density at radius 3 is 2.64 bits per heavy atom. The second-order valence-electron chi connectivity index (χ2n) is 3.38. The second kappa shape index (κ2) is 3.72. The summed E-state index contributed by atoms with van der Waals surface area (Å²) in [5, 5.41) is 5.97. The molecule has 1 amide bonds. The Labute approximate surface area is 67.5 Å². The first kappa shape index (κ1) is 8.53. The number of carbonyl (C=O) groups is 1. The van der Waals surface area contributed by atoms with Gasteiger partial charge in [-0.2, -0.15) is 0 Å². The molecule has 3 nitrogen and oxygen atoms in total. The lowest BCUT2D eigenvalue weighted by Gasteiger charge is -2.08. The molecule has 3 heteroatoms. The summed E-state index contributed by atoms with van der Waals surface area (Å²) in [6.45, 7) is 4.41. The Balaban J connectivity index is 2.00. The quantitative estimate of drug-likeness (QED) is 0.613. The molecule has 0 spiro atoms. The molecule has 64 valence electrons. The summed E-state index contributed by atoms with van der Waals surface area (Å²) in [5.41, 5.74) is 0. The highest BCUT2D eigenvalue weighted by Crippen LogP contribution is 2.17. The van der Waals surface area contributed by atoms with Crippen LogP contribution >= 0.6 is 0 Å². The molecule has 1 saturated carbocycles. The van der Waals surface area contributed by atoms with Gasteiger partial charge in [-0.25, -0.2) is 0 Å². The largest absolute Gasteiger partial charge is 0.353 e. The van der Waals surface area contributed by atoms with Crippen LogP contribution in [0.1, 0.15) is 26.7 Å². The van der Waals surface area contributed by atoms with Crippen LogP contribution in [0.15, 0.2) is 0 Å². The van der Waals surface area contributed by atoms with Crippen LogP contribution in [0.3, 0.4) is 0 Å². The van der Waals surface area contributed by atoms with Crippen LogP contribution in [-0.2, 0) is 4.79 Å². The van der Waals surface area contributed by atoms with E-state index in [2.05, 4.69) is 10.6 Å². The molecule has 0 aliphatic heterocycles. The first-order valence-corrected chi connectivity index (χ1v) is 4.21. The zero-order valence-electron chi connectivity index (χ0n) is 7.18. The van der Waals surface area contributed by atoms with Crippen LogP contribution in [-0.4, -0.2) is 24.5 Å². The fourth-order valence-electron chi connectivity index (χ4n) is 0.897. The molecular weight excluding hydrogens is 140 g/mol. The summed E-state index contributed by atoms with van der Waals surface area (Å²) in [7, 11) is 0. The van der Waals surface area contributed by atoms with Crippen molar-refractivity contribution in [3.63, 3.8) is 0 Å². The van der Waals surface area contributed by atoms with E-state index >= 15 is 0 Å². The van der Waals surface area contributed by atoms with Gasteiger partial charge in [0.2, 0.25) is 5.91 Å². The van der Waals surface area contributed by atoms with Crippen molar-refractivity contribution in [2.24, 2.45) is 0 Å². The Morgan fingerprint density at radius 2 is 2.18 bits per heavy atom. The van der Waals surface area contributed by atoms with E-state index in [4.69, 9.17) is 0 Å². The third kappa shape index (κ3) is 3.98. The van der Waals surface area contributed by atoms with E-state index in [1.54, 1.807) is 0 Å². The number of hydrogen-bond donors (Lipinski definition) is 2. The standard InChI is InChI=1S/C8H16N2O/c1-6(2)10-8(11)5-9-7-3-4-7/h6-7,9H,3-5H2,1-2H3,(H,10,11). The summed E-state index contributed by atoms with van der Waals surface area (Å²) < 4.78 is 0.